The van der Waals surface area contributed by atoms with Crippen molar-refractivity contribution in [3.8, 4) is 0 Å². The first-order valence-corrected chi connectivity index (χ1v) is 5.97. The van der Waals surface area contributed by atoms with Crippen molar-refractivity contribution >= 4 is 12.2 Å². The molecule has 1 unspecified atom stereocenters. The van der Waals surface area contributed by atoms with Crippen LogP contribution in [-0.2, 0) is 17.7 Å². The average molecular weight is 227 g/mol. The minimum absolute atomic E-state index is 0.313. The third-order valence-corrected chi connectivity index (χ3v) is 3.13. The molecule has 2 heterocycles. The molecule has 0 spiro atoms. The molecule has 1 aromatic heterocycles. The van der Waals surface area contributed by atoms with Crippen LogP contribution in [0, 0.1) is 4.77 Å². The smallest absolute Gasteiger partial charge is 0.195 e. The summed E-state index contributed by atoms with van der Waals surface area (Å²) in [6, 6.07) is 0. The van der Waals surface area contributed by atoms with Crippen LogP contribution < -0.4 is 0 Å². The van der Waals surface area contributed by atoms with E-state index in [9.17, 15) is 0 Å². The molecule has 4 nitrogen and oxygen atoms in total. The summed E-state index contributed by atoms with van der Waals surface area (Å²) in [6.45, 7) is 3.82. The van der Waals surface area contributed by atoms with Gasteiger partial charge in [0, 0.05) is 13.0 Å². The molecule has 1 atom stereocenters. The fourth-order valence-electron chi connectivity index (χ4n) is 1.96. The van der Waals surface area contributed by atoms with Crippen LogP contribution in [0.5, 0.6) is 0 Å². The van der Waals surface area contributed by atoms with Crippen molar-refractivity contribution in [2.45, 2.75) is 45.3 Å². The molecule has 1 aliphatic rings. The largest absolute Gasteiger partial charge is 0.376 e. The highest BCUT2D eigenvalue weighted by Crippen LogP contribution is 2.15. The van der Waals surface area contributed by atoms with Gasteiger partial charge in [-0.3, -0.25) is 5.10 Å². The van der Waals surface area contributed by atoms with E-state index in [2.05, 4.69) is 21.7 Å². The lowest BCUT2D eigenvalue weighted by atomic mass is 10.1. The second-order valence-corrected chi connectivity index (χ2v) is 4.28. The van der Waals surface area contributed by atoms with Crippen molar-refractivity contribution < 1.29 is 4.74 Å². The van der Waals surface area contributed by atoms with Crippen LogP contribution >= 0.6 is 12.2 Å². The Morgan fingerprint density at radius 3 is 3.13 bits per heavy atom. The number of H-pyrrole nitrogens is 1. The van der Waals surface area contributed by atoms with E-state index in [0.717, 1.165) is 31.8 Å². The zero-order valence-corrected chi connectivity index (χ0v) is 9.85. The molecule has 0 aromatic carbocycles. The van der Waals surface area contributed by atoms with Gasteiger partial charge >= 0.3 is 0 Å². The Kier molecular flexibility index (Phi) is 3.53. The average Bonchev–Trinajstić information content (AvgIpc) is 2.62. The molecule has 5 heteroatoms. The highest BCUT2D eigenvalue weighted by atomic mass is 32.1. The third kappa shape index (κ3) is 2.46. The Morgan fingerprint density at radius 1 is 1.60 bits per heavy atom. The van der Waals surface area contributed by atoms with Gasteiger partial charge in [-0.15, -0.1) is 0 Å². The van der Waals surface area contributed by atoms with Crippen LogP contribution in [0.2, 0.25) is 0 Å². The van der Waals surface area contributed by atoms with E-state index in [1.807, 2.05) is 0 Å². The normalized spacial score (nSPS) is 21.8. The molecule has 0 radical (unpaired) electrons. The van der Waals surface area contributed by atoms with Gasteiger partial charge in [-0.2, -0.15) is 5.10 Å². The second kappa shape index (κ2) is 4.90. The van der Waals surface area contributed by atoms with Gasteiger partial charge in [-0.1, -0.05) is 6.92 Å². The summed E-state index contributed by atoms with van der Waals surface area (Å²) in [5.74, 6) is 1.02. The highest BCUT2D eigenvalue weighted by Gasteiger charge is 2.16. The maximum Gasteiger partial charge on any atom is 0.195 e. The summed E-state index contributed by atoms with van der Waals surface area (Å²) >= 11 is 5.20. The molecule has 2 rings (SSSR count). The molecule has 1 fully saturated rings. The van der Waals surface area contributed by atoms with E-state index in [-0.39, 0.29) is 0 Å². The number of nitrogens with one attached hydrogen (secondary N) is 1. The van der Waals surface area contributed by atoms with Gasteiger partial charge in [-0.05, 0) is 31.5 Å². The Bertz CT molecular complexity index is 365. The predicted molar refractivity (Wildman–Crippen MR) is 60.4 cm³/mol. The number of aryl methyl sites for hydroxylation is 1. The van der Waals surface area contributed by atoms with Crippen LogP contribution in [0.25, 0.3) is 0 Å². The molecular formula is C10H17N3OS. The van der Waals surface area contributed by atoms with Crippen molar-refractivity contribution in [2.24, 2.45) is 0 Å². The van der Waals surface area contributed by atoms with Crippen molar-refractivity contribution in [1.29, 1.82) is 0 Å². The Labute approximate surface area is 94.6 Å². The summed E-state index contributed by atoms with van der Waals surface area (Å²) in [5, 5.41) is 7.03. The van der Waals surface area contributed by atoms with Crippen LogP contribution in [0.15, 0.2) is 0 Å². The standard InChI is InChI=1S/C10H17N3OS/c1-2-9-11-12-10(15)13(9)7-8-5-3-4-6-14-8/h8H,2-7H2,1H3,(H,12,15). The van der Waals surface area contributed by atoms with E-state index in [1.54, 1.807) is 0 Å². The first-order chi connectivity index (χ1) is 7.31. The third-order valence-electron chi connectivity index (χ3n) is 2.81. The molecule has 0 saturated carbocycles. The first kappa shape index (κ1) is 10.8. The number of rotatable bonds is 3. The fraction of sp³-hybridized carbons (Fsp3) is 0.800. The van der Waals surface area contributed by atoms with E-state index in [4.69, 9.17) is 17.0 Å². The number of hydrogen-bond acceptors (Lipinski definition) is 3. The van der Waals surface area contributed by atoms with Gasteiger partial charge in [0.15, 0.2) is 4.77 Å². The predicted octanol–water partition coefficient (Wildman–Crippen LogP) is 2.07. The minimum Gasteiger partial charge on any atom is -0.376 e. The Morgan fingerprint density at radius 2 is 2.47 bits per heavy atom. The van der Waals surface area contributed by atoms with Crippen molar-refractivity contribution in [3.05, 3.63) is 10.6 Å². The minimum atomic E-state index is 0.313. The maximum absolute atomic E-state index is 5.70. The number of ether oxygens (including phenoxy) is 1. The number of aromatic nitrogens is 3. The van der Waals surface area contributed by atoms with Crippen LogP contribution in [-0.4, -0.2) is 27.5 Å². The molecule has 1 N–H and O–H groups in total. The first-order valence-electron chi connectivity index (χ1n) is 5.57. The Balaban J connectivity index is 2.08. The zero-order valence-electron chi connectivity index (χ0n) is 9.03. The topological polar surface area (TPSA) is 42.8 Å². The van der Waals surface area contributed by atoms with Crippen molar-refractivity contribution in [1.82, 2.24) is 14.8 Å². The summed E-state index contributed by atoms with van der Waals surface area (Å²) in [5.41, 5.74) is 0. The van der Waals surface area contributed by atoms with Gasteiger partial charge in [0.2, 0.25) is 0 Å². The van der Waals surface area contributed by atoms with E-state index >= 15 is 0 Å². The molecular weight excluding hydrogens is 210 g/mol. The summed E-state index contributed by atoms with van der Waals surface area (Å²) < 4.78 is 8.47. The maximum atomic E-state index is 5.70. The number of nitrogens with zero attached hydrogens (tertiary/aromatic N) is 2. The zero-order chi connectivity index (χ0) is 10.7. The molecule has 15 heavy (non-hydrogen) atoms. The molecule has 0 aliphatic carbocycles. The highest BCUT2D eigenvalue weighted by molar-refractivity contribution is 7.71. The van der Waals surface area contributed by atoms with E-state index in [1.165, 1.54) is 12.8 Å². The van der Waals surface area contributed by atoms with Gasteiger partial charge in [0.1, 0.15) is 5.82 Å². The van der Waals surface area contributed by atoms with Crippen molar-refractivity contribution in [3.63, 3.8) is 0 Å². The lowest BCUT2D eigenvalue weighted by Crippen LogP contribution is -2.25. The molecule has 1 aliphatic heterocycles. The molecule has 0 amide bonds. The van der Waals surface area contributed by atoms with Crippen LogP contribution in [0.4, 0.5) is 0 Å². The molecule has 1 saturated heterocycles. The SMILES string of the molecule is CCc1n[nH]c(=S)n1CC1CCCCO1. The molecule has 0 bridgehead atoms. The number of hydrogen-bond donors (Lipinski definition) is 1. The molecule has 1 aromatic rings. The lowest BCUT2D eigenvalue weighted by molar-refractivity contribution is 0.00530. The number of aromatic amines is 1. The molecule has 84 valence electrons. The van der Waals surface area contributed by atoms with Gasteiger partial charge in [-0.25, -0.2) is 0 Å². The van der Waals surface area contributed by atoms with Crippen LogP contribution in [0.3, 0.4) is 0 Å². The quantitative estimate of drug-likeness (QED) is 0.804. The lowest BCUT2D eigenvalue weighted by Gasteiger charge is -2.23. The van der Waals surface area contributed by atoms with Gasteiger partial charge in [0.05, 0.1) is 12.6 Å². The summed E-state index contributed by atoms with van der Waals surface area (Å²) in [4.78, 5) is 0. The van der Waals surface area contributed by atoms with Crippen LogP contribution in [0.1, 0.15) is 32.0 Å². The van der Waals surface area contributed by atoms with Gasteiger partial charge < -0.3 is 9.30 Å². The van der Waals surface area contributed by atoms with Gasteiger partial charge in [0.25, 0.3) is 0 Å². The summed E-state index contributed by atoms with van der Waals surface area (Å²) in [6.07, 6.45) is 4.80. The summed E-state index contributed by atoms with van der Waals surface area (Å²) in [7, 11) is 0. The van der Waals surface area contributed by atoms with E-state index in [0.29, 0.717) is 10.9 Å². The van der Waals surface area contributed by atoms with E-state index < -0.39 is 0 Å². The Hall–Kier alpha value is -0.680. The fourth-order valence-corrected chi connectivity index (χ4v) is 2.19. The second-order valence-electron chi connectivity index (χ2n) is 3.90. The van der Waals surface area contributed by atoms with Crippen molar-refractivity contribution in [2.75, 3.05) is 6.61 Å². The monoisotopic (exact) mass is 227 g/mol.